The van der Waals surface area contributed by atoms with Crippen molar-refractivity contribution < 1.29 is 24.0 Å². The van der Waals surface area contributed by atoms with Gasteiger partial charge in [-0.25, -0.2) is 5.48 Å². The van der Waals surface area contributed by atoms with Gasteiger partial charge in [0, 0.05) is 12.0 Å². The van der Waals surface area contributed by atoms with Crippen molar-refractivity contribution in [3.63, 3.8) is 0 Å². The minimum atomic E-state index is -1.02. The van der Waals surface area contributed by atoms with Crippen molar-refractivity contribution in [1.29, 1.82) is 0 Å². The molecule has 0 aliphatic heterocycles. The van der Waals surface area contributed by atoms with Crippen LogP contribution in [-0.4, -0.2) is 42.2 Å². The van der Waals surface area contributed by atoms with E-state index >= 15 is 0 Å². The van der Waals surface area contributed by atoms with E-state index in [1.54, 1.807) is 37.3 Å². The van der Waals surface area contributed by atoms with Crippen LogP contribution in [0.1, 0.15) is 49.0 Å². The molecule has 33 heavy (non-hydrogen) atoms. The number of nitrogens with one attached hydrogen (secondary N) is 3. The molecule has 0 aromatic heterocycles. The van der Waals surface area contributed by atoms with Crippen molar-refractivity contribution in [3.8, 4) is 0 Å². The van der Waals surface area contributed by atoms with Crippen LogP contribution in [0.3, 0.4) is 0 Å². The highest BCUT2D eigenvalue weighted by Gasteiger charge is 2.30. The molecule has 176 valence electrons. The number of unbranched alkanes of at least 4 members (excludes halogenated alkanes) is 1. The summed E-state index contributed by atoms with van der Waals surface area (Å²) in [6, 6.07) is 15.8. The van der Waals surface area contributed by atoms with Gasteiger partial charge in [-0.1, -0.05) is 68.3 Å². The third-order valence-corrected chi connectivity index (χ3v) is 4.95. The second-order valence-corrected chi connectivity index (χ2v) is 7.51. The Bertz CT molecular complexity index is 918. The molecule has 0 bridgehead atoms. The molecule has 8 heteroatoms. The average Bonchev–Trinajstić information content (AvgIpc) is 2.85. The SMILES string of the molecule is CCCCC(NC(=O)C(Cc1ccccc1)NC(=O)c1ccccc1)C(=O)C(=O)NOCC. The van der Waals surface area contributed by atoms with Crippen molar-refractivity contribution in [3.05, 3.63) is 71.8 Å². The zero-order chi connectivity index (χ0) is 24.1. The highest BCUT2D eigenvalue weighted by molar-refractivity contribution is 6.38. The lowest BCUT2D eigenvalue weighted by atomic mass is 10.0. The minimum absolute atomic E-state index is 0.204. The summed E-state index contributed by atoms with van der Waals surface area (Å²) >= 11 is 0. The van der Waals surface area contributed by atoms with E-state index in [-0.39, 0.29) is 13.0 Å². The van der Waals surface area contributed by atoms with Gasteiger partial charge >= 0.3 is 5.91 Å². The van der Waals surface area contributed by atoms with Crippen LogP contribution in [0.4, 0.5) is 0 Å². The van der Waals surface area contributed by atoms with Crippen molar-refractivity contribution in [1.82, 2.24) is 16.1 Å². The second-order valence-electron chi connectivity index (χ2n) is 7.51. The van der Waals surface area contributed by atoms with E-state index in [0.717, 1.165) is 12.0 Å². The Morgan fingerprint density at radius 1 is 0.848 bits per heavy atom. The number of ketones is 1. The predicted octanol–water partition coefficient (Wildman–Crippen LogP) is 2.34. The molecule has 2 unspecified atom stereocenters. The Kier molecular flexibility index (Phi) is 10.8. The van der Waals surface area contributed by atoms with E-state index in [1.807, 2.05) is 37.3 Å². The summed E-state index contributed by atoms with van der Waals surface area (Å²) in [5.41, 5.74) is 3.33. The average molecular weight is 454 g/mol. The van der Waals surface area contributed by atoms with Gasteiger partial charge in [-0.15, -0.1) is 0 Å². The molecule has 3 amide bonds. The monoisotopic (exact) mass is 453 g/mol. The zero-order valence-electron chi connectivity index (χ0n) is 19.0. The molecule has 0 saturated heterocycles. The smallest absolute Gasteiger partial charge is 0.313 e. The quantitative estimate of drug-likeness (QED) is 0.318. The first-order valence-corrected chi connectivity index (χ1v) is 11.1. The lowest BCUT2D eigenvalue weighted by Crippen LogP contribution is -2.54. The van der Waals surface area contributed by atoms with Gasteiger partial charge in [0.05, 0.1) is 12.6 Å². The molecular formula is C25H31N3O5. The molecular weight excluding hydrogens is 422 g/mol. The zero-order valence-corrected chi connectivity index (χ0v) is 19.0. The van der Waals surface area contributed by atoms with Gasteiger partial charge in [-0.3, -0.25) is 24.0 Å². The number of hydroxylamine groups is 1. The summed E-state index contributed by atoms with van der Waals surface area (Å²) in [6.45, 7) is 3.82. The van der Waals surface area contributed by atoms with E-state index in [1.165, 1.54) is 0 Å². The molecule has 2 aromatic carbocycles. The van der Waals surface area contributed by atoms with E-state index in [9.17, 15) is 19.2 Å². The number of hydrogen-bond acceptors (Lipinski definition) is 5. The van der Waals surface area contributed by atoms with E-state index in [4.69, 9.17) is 4.84 Å². The minimum Gasteiger partial charge on any atom is -0.344 e. The topological polar surface area (TPSA) is 114 Å². The summed E-state index contributed by atoms with van der Waals surface area (Å²) in [7, 11) is 0. The van der Waals surface area contributed by atoms with Crippen LogP contribution in [0.2, 0.25) is 0 Å². The number of hydrogen-bond donors (Lipinski definition) is 3. The van der Waals surface area contributed by atoms with E-state index < -0.39 is 35.6 Å². The number of benzene rings is 2. The number of Topliss-reactive ketones (excluding diaryl/α,β-unsaturated/α-hetero) is 1. The first-order valence-electron chi connectivity index (χ1n) is 11.1. The van der Waals surface area contributed by atoms with E-state index in [0.29, 0.717) is 18.4 Å². The Labute approximate surface area is 194 Å². The molecule has 2 aromatic rings. The molecule has 0 aliphatic carbocycles. The van der Waals surface area contributed by atoms with Crippen LogP contribution < -0.4 is 16.1 Å². The Balaban J connectivity index is 2.19. The highest BCUT2D eigenvalue weighted by Crippen LogP contribution is 2.08. The molecule has 0 spiro atoms. The molecule has 2 atom stereocenters. The van der Waals surface area contributed by atoms with Crippen LogP contribution >= 0.6 is 0 Å². The number of carbonyl (C=O) groups excluding carboxylic acids is 4. The third kappa shape index (κ3) is 8.50. The van der Waals surface area contributed by atoms with E-state index in [2.05, 4.69) is 16.1 Å². The molecule has 8 nitrogen and oxygen atoms in total. The normalized spacial score (nSPS) is 12.3. The number of amides is 3. The molecule has 0 radical (unpaired) electrons. The lowest BCUT2D eigenvalue weighted by Gasteiger charge is -2.23. The molecule has 0 saturated carbocycles. The summed E-state index contributed by atoms with van der Waals surface area (Å²) in [4.78, 5) is 55.5. The summed E-state index contributed by atoms with van der Waals surface area (Å²) in [5, 5.41) is 5.42. The Morgan fingerprint density at radius 3 is 2.09 bits per heavy atom. The number of carbonyl (C=O) groups is 4. The maximum atomic E-state index is 13.2. The van der Waals surface area contributed by atoms with Gasteiger partial charge in [-0.05, 0) is 31.0 Å². The van der Waals surface area contributed by atoms with Gasteiger partial charge in [0.15, 0.2) is 0 Å². The molecule has 3 N–H and O–H groups in total. The fourth-order valence-electron chi connectivity index (χ4n) is 3.19. The fourth-order valence-corrected chi connectivity index (χ4v) is 3.19. The lowest BCUT2D eigenvalue weighted by molar-refractivity contribution is -0.147. The Hall–Kier alpha value is -3.52. The Morgan fingerprint density at radius 2 is 1.48 bits per heavy atom. The fraction of sp³-hybridized carbons (Fsp3) is 0.360. The summed E-state index contributed by atoms with van der Waals surface area (Å²) in [5.74, 6) is -2.66. The summed E-state index contributed by atoms with van der Waals surface area (Å²) < 4.78 is 0. The van der Waals surface area contributed by atoms with Gasteiger partial charge < -0.3 is 10.6 Å². The van der Waals surface area contributed by atoms with Crippen LogP contribution in [-0.2, 0) is 25.6 Å². The molecule has 0 aliphatic rings. The maximum Gasteiger partial charge on any atom is 0.313 e. The standard InChI is InChI=1S/C25H31N3O5/c1-3-5-16-20(22(29)25(32)28-33-4-2)26-24(31)21(17-18-12-8-6-9-13-18)27-23(30)19-14-10-7-11-15-19/h6-15,20-21H,3-5,16-17H2,1-2H3,(H,26,31)(H,27,30)(H,28,32). The molecule has 0 fully saturated rings. The van der Waals surface area contributed by atoms with Crippen molar-refractivity contribution in [2.75, 3.05) is 6.61 Å². The van der Waals surface area contributed by atoms with Crippen molar-refractivity contribution in [2.24, 2.45) is 0 Å². The van der Waals surface area contributed by atoms with Crippen LogP contribution in [0.25, 0.3) is 0 Å². The first-order chi connectivity index (χ1) is 16.0. The summed E-state index contributed by atoms with van der Waals surface area (Å²) in [6.07, 6.45) is 1.94. The van der Waals surface area contributed by atoms with Gasteiger partial charge in [0.1, 0.15) is 6.04 Å². The first kappa shape index (κ1) is 25.7. The third-order valence-electron chi connectivity index (χ3n) is 4.95. The van der Waals surface area contributed by atoms with Crippen molar-refractivity contribution in [2.45, 2.75) is 51.6 Å². The van der Waals surface area contributed by atoms with Crippen LogP contribution in [0.5, 0.6) is 0 Å². The largest absolute Gasteiger partial charge is 0.344 e. The van der Waals surface area contributed by atoms with Crippen molar-refractivity contribution >= 4 is 23.5 Å². The maximum absolute atomic E-state index is 13.2. The van der Waals surface area contributed by atoms with Gasteiger partial charge in [0.25, 0.3) is 5.91 Å². The van der Waals surface area contributed by atoms with Crippen LogP contribution in [0.15, 0.2) is 60.7 Å². The number of rotatable bonds is 13. The predicted molar refractivity (Wildman–Crippen MR) is 124 cm³/mol. The molecule has 2 rings (SSSR count). The van der Waals surface area contributed by atoms with Gasteiger partial charge in [-0.2, -0.15) is 0 Å². The second kappa shape index (κ2) is 13.8. The molecule has 0 heterocycles. The highest BCUT2D eigenvalue weighted by atomic mass is 16.6. The van der Waals surface area contributed by atoms with Gasteiger partial charge in [0.2, 0.25) is 11.7 Å². The van der Waals surface area contributed by atoms with Crippen LogP contribution in [0, 0.1) is 0 Å².